The van der Waals surface area contributed by atoms with E-state index in [1.54, 1.807) is 0 Å². The number of para-hydroxylation sites is 1. The van der Waals surface area contributed by atoms with Crippen LogP contribution in [0.25, 0.3) is 0 Å². The van der Waals surface area contributed by atoms with Gasteiger partial charge in [0, 0.05) is 51.5 Å². The van der Waals surface area contributed by atoms with Crippen LogP contribution in [0.4, 0.5) is 5.69 Å². The summed E-state index contributed by atoms with van der Waals surface area (Å²) in [5.74, 6) is 1.06. The van der Waals surface area contributed by atoms with Crippen LogP contribution < -0.4 is 10.2 Å². The van der Waals surface area contributed by atoms with Crippen LogP contribution in [0.2, 0.25) is 0 Å². The van der Waals surface area contributed by atoms with Crippen LogP contribution in [0.5, 0.6) is 0 Å². The minimum Gasteiger partial charge on any atom is -0.368 e. The minimum atomic E-state index is 0. The van der Waals surface area contributed by atoms with Crippen molar-refractivity contribution in [2.45, 2.75) is 45.1 Å². The predicted octanol–water partition coefficient (Wildman–Crippen LogP) is 3.66. The SMILES string of the molecule is CN=C(NCCCCN1CCCCC1C)N1CCN(c2ccccc2)CC1.I. The van der Waals surface area contributed by atoms with Gasteiger partial charge < -0.3 is 20.0 Å². The van der Waals surface area contributed by atoms with Crippen molar-refractivity contribution in [3.63, 3.8) is 0 Å². The molecule has 5 nitrogen and oxygen atoms in total. The second-order valence-electron chi connectivity index (χ2n) is 7.87. The maximum Gasteiger partial charge on any atom is 0.193 e. The standard InChI is InChI=1S/C22H37N5.HI/c1-20-10-6-8-14-25(20)15-9-7-13-24-22(23-2)27-18-16-26(17-19-27)21-11-4-3-5-12-21;/h3-5,11-12,20H,6-10,13-19H2,1-2H3,(H,23,24);1H. The quantitative estimate of drug-likeness (QED) is 0.281. The highest BCUT2D eigenvalue weighted by molar-refractivity contribution is 14.0. The first-order chi connectivity index (χ1) is 13.3. The van der Waals surface area contributed by atoms with Gasteiger partial charge in [-0.3, -0.25) is 4.99 Å². The van der Waals surface area contributed by atoms with Gasteiger partial charge in [-0.2, -0.15) is 0 Å². The first kappa shape index (κ1) is 23.3. The molecule has 1 atom stereocenters. The number of nitrogens with one attached hydrogen (secondary N) is 1. The number of piperazine rings is 1. The number of nitrogens with zero attached hydrogens (tertiary/aromatic N) is 4. The normalized spacial score (nSPS) is 21.4. The van der Waals surface area contributed by atoms with E-state index in [4.69, 9.17) is 0 Å². The summed E-state index contributed by atoms with van der Waals surface area (Å²) >= 11 is 0. The van der Waals surface area contributed by atoms with Crippen LogP contribution in [0.3, 0.4) is 0 Å². The summed E-state index contributed by atoms with van der Waals surface area (Å²) in [7, 11) is 1.90. The molecule has 0 bridgehead atoms. The highest BCUT2D eigenvalue weighted by Gasteiger charge is 2.20. The number of aliphatic imine (C=N–C) groups is 1. The Kier molecular flexibility index (Phi) is 10.4. The smallest absolute Gasteiger partial charge is 0.193 e. The van der Waals surface area contributed by atoms with Crippen molar-refractivity contribution < 1.29 is 0 Å². The molecule has 1 aromatic rings. The highest BCUT2D eigenvalue weighted by Crippen LogP contribution is 2.17. The van der Waals surface area contributed by atoms with Gasteiger partial charge in [-0.1, -0.05) is 24.6 Å². The zero-order valence-corrected chi connectivity index (χ0v) is 20.0. The van der Waals surface area contributed by atoms with E-state index in [1.807, 2.05) is 7.05 Å². The Morgan fingerprint density at radius 1 is 1.04 bits per heavy atom. The first-order valence-electron chi connectivity index (χ1n) is 10.8. The number of benzene rings is 1. The van der Waals surface area contributed by atoms with Gasteiger partial charge in [-0.05, 0) is 57.8 Å². The van der Waals surface area contributed by atoms with Crippen molar-refractivity contribution in [3.05, 3.63) is 30.3 Å². The van der Waals surface area contributed by atoms with Crippen molar-refractivity contribution in [1.82, 2.24) is 15.1 Å². The van der Waals surface area contributed by atoms with E-state index in [1.165, 1.54) is 50.9 Å². The molecule has 2 aliphatic rings. The third kappa shape index (κ3) is 6.79. The number of hydrogen-bond donors (Lipinski definition) is 1. The maximum atomic E-state index is 4.51. The predicted molar refractivity (Wildman–Crippen MR) is 131 cm³/mol. The van der Waals surface area contributed by atoms with Crippen LogP contribution in [0, 0.1) is 0 Å². The molecule has 0 aliphatic carbocycles. The minimum absolute atomic E-state index is 0. The molecular formula is C22H38IN5. The molecule has 2 heterocycles. The zero-order valence-electron chi connectivity index (χ0n) is 17.6. The third-order valence-electron chi connectivity index (χ3n) is 6.01. The molecule has 1 unspecified atom stereocenters. The second-order valence-corrected chi connectivity index (χ2v) is 7.87. The van der Waals surface area contributed by atoms with Gasteiger partial charge in [0.05, 0.1) is 0 Å². The van der Waals surface area contributed by atoms with Crippen molar-refractivity contribution in [1.29, 1.82) is 0 Å². The molecule has 3 rings (SSSR count). The summed E-state index contributed by atoms with van der Waals surface area (Å²) in [5, 5.41) is 3.58. The van der Waals surface area contributed by atoms with E-state index in [2.05, 4.69) is 62.3 Å². The number of unbranched alkanes of at least 4 members (excludes halogenated alkanes) is 1. The zero-order chi connectivity index (χ0) is 18.9. The van der Waals surface area contributed by atoms with Crippen molar-refractivity contribution in [2.75, 3.05) is 57.8 Å². The molecule has 6 heteroatoms. The van der Waals surface area contributed by atoms with Crippen LogP contribution in [0.1, 0.15) is 39.0 Å². The largest absolute Gasteiger partial charge is 0.368 e. The number of guanidine groups is 1. The summed E-state index contributed by atoms with van der Waals surface area (Å²) in [6, 6.07) is 11.5. The van der Waals surface area contributed by atoms with Gasteiger partial charge in [0.25, 0.3) is 0 Å². The molecule has 0 aromatic heterocycles. The molecular weight excluding hydrogens is 461 g/mol. The number of anilines is 1. The van der Waals surface area contributed by atoms with E-state index in [9.17, 15) is 0 Å². The van der Waals surface area contributed by atoms with Gasteiger partial charge in [0.15, 0.2) is 5.96 Å². The Hall–Kier alpha value is -1.02. The first-order valence-corrected chi connectivity index (χ1v) is 10.8. The summed E-state index contributed by atoms with van der Waals surface area (Å²) in [4.78, 5) is 12.0. The lowest BCUT2D eigenvalue weighted by molar-refractivity contribution is 0.158. The monoisotopic (exact) mass is 499 g/mol. The fraction of sp³-hybridized carbons (Fsp3) is 0.682. The highest BCUT2D eigenvalue weighted by atomic mass is 127. The molecule has 0 spiro atoms. The molecule has 2 aliphatic heterocycles. The number of piperidine rings is 1. The lowest BCUT2D eigenvalue weighted by atomic mass is 10.0. The van der Waals surface area contributed by atoms with Crippen LogP contribution in [0.15, 0.2) is 35.3 Å². The van der Waals surface area contributed by atoms with Gasteiger partial charge in [0.2, 0.25) is 0 Å². The molecule has 0 saturated carbocycles. The fourth-order valence-electron chi connectivity index (χ4n) is 4.28. The van der Waals surface area contributed by atoms with Crippen LogP contribution in [-0.2, 0) is 0 Å². The molecule has 2 fully saturated rings. The Labute approximate surface area is 188 Å². The topological polar surface area (TPSA) is 34.1 Å². The van der Waals surface area contributed by atoms with Gasteiger partial charge >= 0.3 is 0 Å². The van der Waals surface area contributed by atoms with Crippen LogP contribution in [-0.4, -0.2) is 74.7 Å². The lowest BCUT2D eigenvalue weighted by Gasteiger charge is -2.37. The van der Waals surface area contributed by atoms with Gasteiger partial charge in [0.1, 0.15) is 0 Å². The van der Waals surface area contributed by atoms with E-state index in [0.717, 1.165) is 44.7 Å². The lowest BCUT2D eigenvalue weighted by Crippen LogP contribution is -2.52. The summed E-state index contributed by atoms with van der Waals surface area (Å²) in [6.07, 6.45) is 6.65. The Balaban J connectivity index is 0.00000280. The van der Waals surface area contributed by atoms with Crippen molar-refractivity contribution in [3.8, 4) is 0 Å². The Bertz CT molecular complexity index is 572. The number of halogens is 1. The molecule has 158 valence electrons. The number of rotatable bonds is 6. The summed E-state index contributed by atoms with van der Waals surface area (Å²) in [5.41, 5.74) is 1.33. The summed E-state index contributed by atoms with van der Waals surface area (Å²) < 4.78 is 0. The third-order valence-corrected chi connectivity index (χ3v) is 6.01. The Morgan fingerprint density at radius 2 is 1.79 bits per heavy atom. The van der Waals surface area contributed by atoms with Crippen molar-refractivity contribution >= 4 is 35.6 Å². The average Bonchev–Trinajstić information content (AvgIpc) is 2.73. The molecule has 0 radical (unpaired) electrons. The van der Waals surface area contributed by atoms with E-state index in [-0.39, 0.29) is 24.0 Å². The number of likely N-dealkylation sites (tertiary alicyclic amines) is 1. The van der Waals surface area contributed by atoms with Gasteiger partial charge in [-0.15, -0.1) is 24.0 Å². The van der Waals surface area contributed by atoms with E-state index < -0.39 is 0 Å². The molecule has 2 saturated heterocycles. The maximum absolute atomic E-state index is 4.51. The second kappa shape index (κ2) is 12.5. The summed E-state index contributed by atoms with van der Waals surface area (Å²) in [6.45, 7) is 10.1. The molecule has 1 N–H and O–H groups in total. The molecule has 1 aromatic carbocycles. The fourth-order valence-corrected chi connectivity index (χ4v) is 4.28. The number of hydrogen-bond acceptors (Lipinski definition) is 3. The average molecular weight is 499 g/mol. The van der Waals surface area contributed by atoms with Gasteiger partial charge in [-0.25, -0.2) is 0 Å². The van der Waals surface area contributed by atoms with Crippen molar-refractivity contribution in [2.24, 2.45) is 4.99 Å². The molecule has 28 heavy (non-hydrogen) atoms. The molecule has 0 amide bonds. The van der Waals surface area contributed by atoms with Crippen LogP contribution >= 0.6 is 24.0 Å². The van der Waals surface area contributed by atoms with E-state index >= 15 is 0 Å². The Morgan fingerprint density at radius 3 is 2.46 bits per heavy atom. The van der Waals surface area contributed by atoms with E-state index in [0.29, 0.717) is 0 Å².